The van der Waals surface area contributed by atoms with E-state index in [1.807, 2.05) is 6.07 Å². The molecule has 0 radical (unpaired) electrons. The number of Topliss-reactive ketones (excluding diaryl/α,β-unsaturated/α-hetero) is 1. The van der Waals surface area contributed by atoms with Crippen LogP contribution in [-0.4, -0.2) is 18.4 Å². The van der Waals surface area contributed by atoms with Crippen molar-refractivity contribution in [3.63, 3.8) is 0 Å². The summed E-state index contributed by atoms with van der Waals surface area (Å²) < 4.78 is 0. The minimum Gasteiger partial charge on any atom is -0.294 e. The smallest absolute Gasteiger partial charge is 0.234 e. The van der Waals surface area contributed by atoms with E-state index in [0.29, 0.717) is 5.56 Å². The summed E-state index contributed by atoms with van der Waals surface area (Å²) in [5.74, 6) is -0.000370. The second kappa shape index (κ2) is 5.01. The Balaban J connectivity index is 2.54. The van der Waals surface area contributed by atoms with Crippen molar-refractivity contribution in [3.8, 4) is 0 Å². The molecule has 0 unspecified atom stereocenters. The third kappa shape index (κ3) is 3.01. The van der Waals surface area contributed by atoms with Crippen LogP contribution in [0.2, 0.25) is 0 Å². The van der Waals surface area contributed by atoms with Gasteiger partial charge in [-0.2, -0.15) is 0 Å². The Morgan fingerprint density at radius 2 is 2.00 bits per heavy atom. The molecule has 3 nitrogen and oxygen atoms in total. The van der Waals surface area contributed by atoms with E-state index in [1.165, 1.54) is 6.08 Å². The molecule has 0 aliphatic heterocycles. The number of hydrogen-bond acceptors (Lipinski definition) is 3. The van der Waals surface area contributed by atoms with Crippen LogP contribution in [0.4, 0.5) is 0 Å². The fraction of sp³-hybridized carbons (Fsp3) is 0.200. The van der Waals surface area contributed by atoms with Gasteiger partial charge >= 0.3 is 0 Å². The van der Waals surface area contributed by atoms with Crippen molar-refractivity contribution in [3.05, 3.63) is 35.9 Å². The van der Waals surface area contributed by atoms with Crippen molar-refractivity contribution in [2.75, 3.05) is 6.54 Å². The third-order valence-electron chi connectivity index (χ3n) is 1.61. The fourth-order valence-corrected chi connectivity index (χ4v) is 0.971. The van der Waals surface area contributed by atoms with Gasteiger partial charge < -0.3 is 0 Å². The summed E-state index contributed by atoms with van der Waals surface area (Å²) in [5.41, 5.74) is 0.656. The molecule has 0 N–H and O–H groups in total. The van der Waals surface area contributed by atoms with Crippen LogP contribution >= 0.6 is 0 Å². The Kier molecular flexibility index (Phi) is 3.61. The van der Waals surface area contributed by atoms with Crippen molar-refractivity contribution < 1.29 is 9.59 Å². The average molecular weight is 175 g/mol. The lowest BCUT2D eigenvalue weighted by molar-refractivity contribution is 0.0985. The normalized spacial score (nSPS) is 8.92. The Morgan fingerprint density at radius 3 is 2.62 bits per heavy atom. The summed E-state index contributed by atoms with van der Waals surface area (Å²) in [5, 5.41) is 0. The van der Waals surface area contributed by atoms with Crippen molar-refractivity contribution in [2.24, 2.45) is 4.99 Å². The highest BCUT2D eigenvalue weighted by Gasteiger charge is 2.02. The van der Waals surface area contributed by atoms with E-state index in [1.54, 1.807) is 24.3 Å². The molecule has 0 bridgehead atoms. The molecule has 0 fully saturated rings. The number of carbonyl (C=O) groups excluding carboxylic acids is 2. The maximum absolute atomic E-state index is 11.3. The maximum atomic E-state index is 11.3. The molecule has 0 saturated heterocycles. The van der Waals surface area contributed by atoms with Gasteiger partial charge in [0.15, 0.2) is 5.78 Å². The van der Waals surface area contributed by atoms with Gasteiger partial charge in [0.25, 0.3) is 0 Å². The first-order valence-corrected chi connectivity index (χ1v) is 3.96. The number of benzene rings is 1. The zero-order valence-electron chi connectivity index (χ0n) is 7.06. The van der Waals surface area contributed by atoms with Crippen LogP contribution in [0.15, 0.2) is 35.3 Å². The molecule has 0 spiro atoms. The second-order valence-corrected chi connectivity index (χ2v) is 2.51. The zero-order chi connectivity index (χ0) is 9.52. The van der Waals surface area contributed by atoms with Crippen LogP contribution in [0, 0.1) is 0 Å². The quantitative estimate of drug-likeness (QED) is 0.396. The minimum atomic E-state index is -0.000370. The molecule has 0 saturated carbocycles. The van der Waals surface area contributed by atoms with Crippen LogP contribution in [-0.2, 0) is 4.79 Å². The van der Waals surface area contributed by atoms with Crippen molar-refractivity contribution in [1.82, 2.24) is 0 Å². The van der Waals surface area contributed by atoms with E-state index in [4.69, 9.17) is 0 Å². The standard InChI is InChI=1S/C10H9NO2/c12-8-11-7-6-10(13)9-4-2-1-3-5-9/h1-5H,6-7H2. The molecule has 13 heavy (non-hydrogen) atoms. The van der Waals surface area contributed by atoms with E-state index < -0.39 is 0 Å². The van der Waals surface area contributed by atoms with Gasteiger partial charge in [-0.25, -0.2) is 9.79 Å². The maximum Gasteiger partial charge on any atom is 0.234 e. The van der Waals surface area contributed by atoms with Gasteiger partial charge in [0.05, 0.1) is 6.54 Å². The first kappa shape index (κ1) is 9.36. The summed E-state index contributed by atoms with van der Waals surface area (Å²) in [7, 11) is 0. The number of hydrogen-bond donors (Lipinski definition) is 0. The monoisotopic (exact) mass is 175 g/mol. The van der Waals surface area contributed by atoms with E-state index in [0.717, 1.165) is 0 Å². The number of rotatable bonds is 4. The zero-order valence-corrected chi connectivity index (χ0v) is 7.06. The highest BCUT2D eigenvalue weighted by Crippen LogP contribution is 2.02. The van der Waals surface area contributed by atoms with Crippen LogP contribution in [0.1, 0.15) is 16.8 Å². The summed E-state index contributed by atoms with van der Waals surface area (Å²) in [6.45, 7) is 0.219. The summed E-state index contributed by atoms with van der Waals surface area (Å²) in [6.07, 6.45) is 1.66. The van der Waals surface area contributed by atoms with E-state index in [2.05, 4.69) is 4.99 Å². The van der Waals surface area contributed by atoms with Crippen molar-refractivity contribution >= 4 is 11.9 Å². The number of carbonyl (C=O) groups is 1. The van der Waals surface area contributed by atoms with Gasteiger partial charge in [0, 0.05) is 12.0 Å². The lowest BCUT2D eigenvalue weighted by Crippen LogP contribution is -2.00. The van der Waals surface area contributed by atoms with Gasteiger partial charge in [0.1, 0.15) is 0 Å². The number of nitrogens with zero attached hydrogens (tertiary/aromatic N) is 1. The van der Waals surface area contributed by atoms with Gasteiger partial charge in [-0.05, 0) is 0 Å². The predicted octanol–water partition coefficient (Wildman–Crippen LogP) is 1.60. The molecule has 0 aliphatic rings. The molecule has 0 atom stereocenters. The van der Waals surface area contributed by atoms with E-state index in [-0.39, 0.29) is 18.7 Å². The molecule has 1 aromatic carbocycles. The Hall–Kier alpha value is -1.73. The molecule has 0 aromatic heterocycles. The summed E-state index contributed by atoms with van der Waals surface area (Å²) >= 11 is 0. The first-order valence-electron chi connectivity index (χ1n) is 3.96. The van der Waals surface area contributed by atoms with Crippen LogP contribution < -0.4 is 0 Å². The van der Waals surface area contributed by atoms with Gasteiger partial charge in [-0.15, -0.1) is 0 Å². The minimum absolute atomic E-state index is 0.000370. The van der Waals surface area contributed by atoms with Crippen molar-refractivity contribution in [1.29, 1.82) is 0 Å². The average Bonchev–Trinajstić information content (AvgIpc) is 2.19. The van der Waals surface area contributed by atoms with Crippen LogP contribution in [0.5, 0.6) is 0 Å². The van der Waals surface area contributed by atoms with Crippen LogP contribution in [0.3, 0.4) is 0 Å². The largest absolute Gasteiger partial charge is 0.294 e. The Morgan fingerprint density at radius 1 is 1.31 bits per heavy atom. The summed E-state index contributed by atoms with van der Waals surface area (Å²) in [6, 6.07) is 8.94. The number of ketones is 1. The lowest BCUT2D eigenvalue weighted by Gasteiger charge is -1.96. The lowest BCUT2D eigenvalue weighted by atomic mass is 10.1. The fourth-order valence-electron chi connectivity index (χ4n) is 0.971. The molecule has 66 valence electrons. The van der Waals surface area contributed by atoms with E-state index in [9.17, 15) is 9.59 Å². The SMILES string of the molecule is O=C=NCCC(=O)c1ccccc1. The van der Waals surface area contributed by atoms with Crippen molar-refractivity contribution in [2.45, 2.75) is 6.42 Å². The van der Waals surface area contributed by atoms with Gasteiger partial charge in [0.2, 0.25) is 6.08 Å². The highest BCUT2D eigenvalue weighted by molar-refractivity contribution is 5.96. The topological polar surface area (TPSA) is 46.5 Å². The molecule has 1 rings (SSSR count). The molecule has 1 aromatic rings. The van der Waals surface area contributed by atoms with Crippen LogP contribution in [0.25, 0.3) is 0 Å². The Bertz CT molecular complexity index is 326. The number of aliphatic imine (C=N–C) groups is 1. The second-order valence-electron chi connectivity index (χ2n) is 2.51. The predicted molar refractivity (Wildman–Crippen MR) is 48.4 cm³/mol. The molecular formula is C10H9NO2. The first-order chi connectivity index (χ1) is 6.34. The molecular weight excluding hydrogens is 166 g/mol. The highest BCUT2D eigenvalue weighted by atomic mass is 16.1. The summed E-state index contributed by atoms with van der Waals surface area (Å²) in [4.78, 5) is 24.4. The molecule has 0 aliphatic carbocycles. The number of isocyanates is 1. The van der Waals surface area contributed by atoms with Gasteiger partial charge in [-0.3, -0.25) is 4.79 Å². The van der Waals surface area contributed by atoms with Gasteiger partial charge in [-0.1, -0.05) is 30.3 Å². The molecule has 0 heterocycles. The van der Waals surface area contributed by atoms with E-state index >= 15 is 0 Å². The molecule has 3 heteroatoms. The molecule has 0 amide bonds. The third-order valence-corrected chi connectivity index (χ3v) is 1.61. The Labute approximate surface area is 76.1 Å².